The Morgan fingerprint density at radius 3 is 2.24 bits per heavy atom. The summed E-state index contributed by atoms with van der Waals surface area (Å²) in [4.78, 5) is 4.17. The van der Waals surface area contributed by atoms with Crippen molar-refractivity contribution in [2.24, 2.45) is 5.92 Å². The van der Waals surface area contributed by atoms with Crippen LogP contribution in [-0.2, 0) is 6.18 Å². The lowest BCUT2D eigenvalue weighted by Gasteiger charge is -2.37. The zero-order chi connectivity index (χ0) is 33.0. The van der Waals surface area contributed by atoms with Crippen LogP contribution in [0.2, 0.25) is 5.02 Å². The molecule has 0 saturated heterocycles. The molecule has 234 valence electrons. The molecule has 2 radical (unpaired) electrons. The van der Waals surface area contributed by atoms with Gasteiger partial charge in [0, 0.05) is 50.8 Å². The van der Waals surface area contributed by atoms with Crippen molar-refractivity contribution in [3.63, 3.8) is 0 Å². The van der Waals surface area contributed by atoms with E-state index in [-0.39, 0.29) is 23.1 Å². The Kier molecular flexibility index (Phi) is 8.51. The molecule has 6 rings (SSSR count). The van der Waals surface area contributed by atoms with Crippen LogP contribution in [0.5, 0.6) is 0 Å². The molecule has 3 aromatic rings. The summed E-state index contributed by atoms with van der Waals surface area (Å²) in [6, 6.07) is 9.89. The molecule has 1 aliphatic carbocycles. The molecular weight excluding hydrogens is 606 g/mol. The van der Waals surface area contributed by atoms with E-state index in [2.05, 4.69) is 35.3 Å². The smallest absolute Gasteiger partial charge is 0.378 e. The largest absolute Gasteiger partial charge is 0.416 e. The van der Waals surface area contributed by atoms with Gasteiger partial charge in [-0.15, -0.1) is 0 Å². The van der Waals surface area contributed by atoms with Gasteiger partial charge in [0.1, 0.15) is 25.3 Å². The van der Waals surface area contributed by atoms with Crippen molar-refractivity contribution in [2.75, 3.05) is 21.7 Å². The second-order valence-electron chi connectivity index (χ2n) is 12.2. The van der Waals surface area contributed by atoms with Gasteiger partial charge in [0.05, 0.1) is 23.0 Å². The number of nitrogens with zero attached hydrogens (tertiary/aromatic N) is 2. The van der Waals surface area contributed by atoms with Gasteiger partial charge in [-0.2, -0.15) is 13.2 Å². The van der Waals surface area contributed by atoms with Gasteiger partial charge in [0.25, 0.3) is 0 Å². The Morgan fingerprint density at radius 1 is 1.04 bits per heavy atom. The number of nitrogens with one attached hydrogen (secondary N) is 2. The van der Waals surface area contributed by atoms with Crippen LogP contribution >= 0.6 is 11.6 Å². The first kappa shape index (κ1) is 32.5. The van der Waals surface area contributed by atoms with Gasteiger partial charge in [0.2, 0.25) is 0 Å². The van der Waals surface area contributed by atoms with Crippen LogP contribution < -0.4 is 20.4 Å². The zero-order valence-corrected chi connectivity index (χ0v) is 26.0. The molecule has 1 unspecified atom stereocenters. The van der Waals surface area contributed by atoms with Crippen molar-refractivity contribution in [3.8, 4) is 0 Å². The monoisotopic (exact) mass is 638 g/mol. The number of hydrogen-bond acceptors (Lipinski definition) is 4. The Hall–Kier alpha value is -3.92. The number of benzene rings is 3. The quantitative estimate of drug-likeness (QED) is 0.208. The summed E-state index contributed by atoms with van der Waals surface area (Å²) in [7, 11) is 6.62. The van der Waals surface area contributed by atoms with E-state index >= 15 is 0 Å². The van der Waals surface area contributed by atoms with E-state index in [9.17, 15) is 22.0 Å². The minimum absolute atomic E-state index is 0.0166. The lowest BCUT2D eigenvalue weighted by Crippen LogP contribution is -2.45. The molecule has 2 aliphatic heterocycles. The predicted octanol–water partition coefficient (Wildman–Crippen LogP) is 9.45. The number of anilines is 3. The summed E-state index contributed by atoms with van der Waals surface area (Å²) in [6.45, 7) is 19.1. The maximum Gasteiger partial charge on any atom is 0.416 e. The van der Waals surface area contributed by atoms with Crippen molar-refractivity contribution < 1.29 is 22.0 Å². The summed E-state index contributed by atoms with van der Waals surface area (Å²) in [5, 5.41) is 7.12. The second kappa shape index (κ2) is 11.8. The van der Waals surface area contributed by atoms with Gasteiger partial charge in [-0.1, -0.05) is 45.2 Å². The highest BCUT2D eigenvalue weighted by atomic mass is 35.5. The van der Waals surface area contributed by atoms with Crippen molar-refractivity contribution in [3.05, 3.63) is 113 Å². The Morgan fingerprint density at radius 2 is 1.69 bits per heavy atom. The lowest BCUT2D eigenvalue weighted by molar-refractivity contribution is -0.137. The number of hydrogen-bond donors (Lipinski definition) is 2. The van der Waals surface area contributed by atoms with Gasteiger partial charge in [-0.3, -0.25) is 0 Å². The number of fused-ring (bicyclic) bond motifs is 3. The van der Waals surface area contributed by atoms with Gasteiger partial charge >= 0.3 is 6.18 Å². The standard InChI is InChI=1S/C28H29BF4N4.C6H4ClF/c1-14(19-9-20(28(31,32)33)11-21(30)10-19)35-22-12-23-26(25-16(3)34-15(2)24(22)25)37(27(5,6)29)17(4)36(23)13-18-7-8-18;7-5-1-3-6(8)4-2-5/h9-12,15,18,34-35H,1,3-4,7-8,13H2,2,5-6H3;1-4H. The molecule has 0 spiro atoms. The molecule has 2 N–H and O–H groups in total. The summed E-state index contributed by atoms with van der Waals surface area (Å²) in [5.41, 5.74) is 3.25. The summed E-state index contributed by atoms with van der Waals surface area (Å²) in [5.74, 6) is 0.0794. The molecule has 0 bridgehead atoms. The molecule has 0 amide bonds. The predicted molar refractivity (Wildman–Crippen MR) is 174 cm³/mol. The maximum absolute atomic E-state index is 14.1. The zero-order valence-electron chi connectivity index (χ0n) is 25.3. The fourth-order valence-corrected chi connectivity index (χ4v) is 5.86. The number of rotatable bonds is 6. The molecule has 0 aromatic heterocycles. The summed E-state index contributed by atoms with van der Waals surface area (Å²) < 4.78 is 66.1. The van der Waals surface area contributed by atoms with Crippen LogP contribution in [0.1, 0.15) is 61.9 Å². The molecule has 1 atom stereocenters. The highest BCUT2D eigenvalue weighted by molar-refractivity contribution is 6.30. The Labute approximate surface area is 266 Å². The van der Waals surface area contributed by atoms with Crippen LogP contribution in [0.15, 0.2) is 74.1 Å². The van der Waals surface area contributed by atoms with E-state index < -0.39 is 23.0 Å². The van der Waals surface area contributed by atoms with Crippen molar-refractivity contribution in [1.29, 1.82) is 0 Å². The van der Waals surface area contributed by atoms with Gasteiger partial charge in [0.15, 0.2) is 0 Å². The van der Waals surface area contributed by atoms with Crippen molar-refractivity contribution >= 4 is 47.9 Å². The van der Waals surface area contributed by atoms with Crippen LogP contribution in [0.25, 0.3) is 11.4 Å². The average Bonchev–Trinajstić information content (AvgIpc) is 3.65. The van der Waals surface area contributed by atoms with Crippen LogP contribution in [0, 0.1) is 17.6 Å². The SMILES string of the molecule is Fc1ccc(Cl)cc1.[B]C(C)(C)N1C(=C)N(CC2CC2)c2cc(NC(=C)c3cc(F)cc(C(F)(F)F)c3)c3c(c21)C(=C)NC3C. The third-order valence-electron chi connectivity index (χ3n) is 7.91. The summed E-state index contributed by atoms with van der Waals surface area (Å²) >= 11 is 5.44. The molecular formula is C34H33BClF5N4. The van der Waals surface area contributed by atoms with Gasteiger partial charge in [-0.25, -0.2) is 8.78 Å². The number of halogens is 6. The van der Waals surface area contributed by atoms with Crippen LogP contribution in [0.3, 0.4) is 0 Å². The fraction of sp³-hybridized carbons (Fsp3) is 0.294. The van der Waals surface area contributed by atoms with E-state index in [4.69, 9.17) is 19.4 Å². The molecule has 1 saturated carbocycles. The maximum atomic E-state index is 14.1. The normalized spacial score (nSPS) is 17.4. The number of alkyl halides is 3. The van der Waals surface area contributed by atoms with Crippen LogP contribution in [-0.4, -0.2) is 19.8 Å². The molecule has 3 aliphatic rings. The van der Waals surface area contributed by atoms with Crippen molar-refractivity contribution in [1.82, 2.24) is 5.32 Å². The third-order valence-corrected chi connectivity index (χ3v) is 8.16. The molecule has 4 nitrogen and oxygen atoms in total. The highest BCUT2D eigenvalue weighted by Crippen LogP contribution is 2.55. The average molecular weight is 639 g/mol. The lowest BCUT2D eigenvalue weighted by atomic mass is 9.79. The van der Waals surface area contributed by atoms with E-state index in [1.54, 1.807) is 0 Å². The minimum Gasteiger partial charge on any atom is -0.378 e. The Bertz CT molecular complexity index is 1650. The van der Waals surface area contributed by atoms with E-state index in [0.29, 0.717) is 28.4 Å². The first-order valence-electron chi connectivity index (χ1n) is 14.4. The first-order valence-corrected chi connectivity index (χ1v) is 14.8. The van der Waals surface area contributed by atoms with E-state index in [0.717, 1.165) is 59.8 Å². The summed E-state index contributed by atoms with van der Waals surface area (Å²) in [6.07, 6.45) is -2.39. The van der Waals surface area contributed by atoms with E-state index in [1.807, 2.05) is 31.7 Å². The molecule has 1 fully saturated rings. The molecule has 11 heteroatoms. The Balaban J connectivity index is 0.000000436. The second-order valence-corrected chi connectivity index (χ2v) is 12.6. The molecule has 3 aromatic carbocycles. The topological polar surface area (TPSA) is 30.5 Å². The fourth-order valence-electron chi connectivity index (χ4n) is 5.73. The third kappa shape index (κ3) is 6.71. The molecule has 2 heterocycles. The van der Waals surface area contributed by atoms with Crippen molar-refractivity contribution in [2.45, 2.75) is 51.3 Å². The van der Waals surface area contributed by atoms with Gasteiger partial charge in [-0.05, 0) is 74.2 Å². The van der Waals surface area contributed by atoms with Crippen LogP contribution in [0.4, 0.5) is 39.0 Å². The molecule has 45 heavy (non-hydrogen) atoms. The van der Waals surface area contributed by atoms with Gasteiger partial charge < -0.3 is 20.4 Å². The minimum atomic E-state index is -4.68. The highest BCUT2D eigenvalue weighted by Gasteiger charge is 2.43. The first-order chi connectivity index (χ1) is 21.0. The van der Waals surface area contributed by atoms with E-state index in [1.165, 1.54) is 24.3 Å².